The summed E-state index contributed by atoms with van der Waals surface area (Å²) in [4.78, 5) is 29.0. The van der Waals surface area contributed by atoms with E-state index in [9.17, 15) is 10.1 Å². The molecule has 4 aromatic rings. The fraction of sp³-hybridized carbons (Fsp3) is 0.419. The number of nitrogens with one attached hydrogen (secondary N) is 3. The number of amides is 2. The number of hydrogen-bond donors (Lipinski definition) is 3. The van der Waals surface area contributed by atoms with Crippen LogP contribution >= 0.6 is 0 Å². The Morgan fingerprint density at radius 2 is 2.02 bits per heavy atom. The maximum atomic E-state index is 13.7. The van der Waals surface area contributed by atoms with Crippen LogP contribution in [-0.2, 0) is 18.3 Å². The van der Waals surface area contributed by atoms with Crippen LogP contribution in [0.2, 0.25) is 0 Å². The summed E-state index contributed by atoms with van der Waals surface area (Å²) in [6, 6.07) is 13.9. The van der Waals surface area contributed by atoms with Gasteiger partial charge in [0.1, 0.15) is 28.8 Å². The average Bonchev–Trinajstić information content (AvgIpc) is 3.38. The minimum Gasteiger partial charge on any atom is -0.377 e. The van der Waals surface area contributed by atoms with E-state index in [1.807, 2.05) is 54.5 Å². The summed E-state index contributed by atoms with van der Waals surface area (Å²) in [5.41, 5.74) is 2.23. The third kappa shape index (κ3) is 7.75. The number of unbranched alkanes of at least 4 members (excludes halogenated alkanes) is 1. The Morgan fingerprint density at radius 3 is 2.77 bits per heavy atom. The molecular formula is C31H38N10O2. The van der Waals surface area contributed by atoms with Gasteiger partial charge < -0.3 is 20.7 Å². The first kappa shape index (κ1) is 29.7. The predicted molar refractivity (Wildman–Crippen MR) is 166 cm³/mol. The molecule has 4 heterocycles. The molecule has 1 saturated heterocycles. The van der Waals surface area contributed by atoms with Gasteiger partial charge in [0, 0.05) is 37.8 Å². The van der Waals surface area contributed by atoms with Gasteiger partial charge >= 0.3 is 6.03 Å². The number of aryl methyl sites for hydroxylation is 1. The zero-order chi connectivity index (χ0) is 30.0. The first-order valence-electron chi connectivity index (χ1n) is 14.8. The molecule has 1 aliphatic rings. The second-order valence-electron chi connectivity index (χ2n) is 10.7. The van der Waals surface area contributed by atoms with Gasteiger partial charge in [0.05, 0.1) is 31.6 Å². The van der Waals surface area contributed by atoms with Crippen molar-refractivity contribution in [3.63, 3.8) is 0 Å². The van der Waals surface area contributed by atoms with Gasteiger partial charge in [0.15, 0.2) is 0 Å². The topological polar surface area (TPSA) is 146 Å². The highest BCUT2D eigenvalue weighted by Crippen LogP contribution is 2.25. The van der Waals surface area contributed by atoms with Gasteiger partial charge in [-0.25, -0.2) is 14.8 Å². The quantitative estimate of drug-likeness (QED) is 0.181. The molecule has 1 fully saturated rings. The van der Waals surface area contributed by atoms with Gasteiger partial charge in [-0.3, -0.25) is 9.58 Å². The summed E-state index contributed by atoms with van der Waals surface area (Å²) in [6.45, 7) is 4.43. The van der Waals surface area contributed by atoms with Crippen LogP contribution < -0.4 is 20.9 Å². The smallest absolute Gasteiger partial charge is 0.323 e. The summed E-state index contributed by atoms with van der Waals surface area (Å²) in [5, 5.41) is 24.4. The number of nitriles is 1. The van der Waals surface area contributed by atoms with Gasteiger partial charge in [-0.15, -0.1) is 0 Å². The first-order chi connectivity index (χ1) is 21.0. The Hall–Kier alpha value is -4.76. The van der Waals surface area contributed by atoms with E-state index in [-0.39, 0.29) is 18.1 Å². The number of urea groups is 1. The Balaban J connectivity index is 1.24. The molecule has 0 spiro atoms. The fourth-order valence-corrected chi connectivity index (χ4v) is 5.10. The molecule has 2 amide bonds. The van der Waals surface area contributed by atoms with E-state index in [0.717, 1.165) is 48.6 Å². The van der Waals surface area contributed by atoms with Crippen molar-refractivity contribution in [1.29, 1.82) is 5.26 Å². The Labute approximate surface area is 251 Å². The lowest BCUT2D eigenvalue weighted by atomic mass is 10.0. The molecule has 1 atom stereocenters. The molecule has 0 bridgehead atoms. The molecule has 1 aliphatic heterocycles. The number of ether oxygens (including phenoxy) is 1. The van der Waals surface area contributed by atoms with Crippen molar-refractivity contribution in [3.8, 4) is 6.07 Å². The van der Waals surface area contributed by atoms with Crippen molar-refractivity contribution in [3.05, 3.63) is 66.1 Å². The average molecular weight is 583 g/mol. The van der Waals surface area contributed by atoms with Crippen molar-refractivity contribution in [1.82, 2.24) is 30.0 Å². The number of aromatic nitrogens is 5. The number of rotatable bonds is 14. The lowest BCUT2D eigenvalue weighted by molar-refractivity contribution is 0.0209. The van der Waals surface area contributed by atoms with Crippen molar-refractivity contribution in [2.45, 2.75) is 57.7 Å². The van der Waals surface area contributed by atoms with Gasteiger partial charge in [0.25, 0.3) is 0 Å². The molecule has 0 saturated carbocycles. The molecule has 3 aromatic heterocycles. The van der Waals surface area contributed by atoms with E-state index in [1.165, 1.54) is 6.20 Å². The highest BCUT2D eigenvalue weighted by Gasteiger charge is 2.26. The van der Waals surface area contributed by atoms with Crippen LogP contribution in [0.1, 0.15) is 50.2 Å². The largest absolute Gasteiger partial charge is 0.377 e. The van der Waals surface area contributed by atoms with Gasteiger partial charge in [0.2, 0.25) is 5.95 Å². The predicted octanol–water partition coefficient (Wildman–Crippen LogP) is 4.61. The molecule has 3 N–H and O–H groups in total. The van der Waals surface area contributed by atoms with Crippen LogP contribution in [0, 0.1) is 11.3 Å². The van der Waals surface area contributed by atoms with Crippen LogP contribution in [0.25, 0.3) is 10.9 Å². The summed E-state index contributed by atoms with van der Waals surface area (Å²) in [7, 11) is 1.88. The molecule has 1 aromatic carbocycles. The number of carbonyl (C=O) groups is 1. The summed E-state index contributed by atoms with van der Waals surface area (Å²) in [5.74, 6) is 1.61. The SMILES string of the molecule is CCC[C@H](CCCCNc1ncc(C#N)c(NC2COC2)n1)N(C(=O)NCc1ccccc1)c1cc2cn(C)nc2cn1. The molecule has 0 radical (unpaired) electrons. The number of benzene rings is 1. The number of fused-ring (bicyclic) bond motifs is 1. The van der Waals surface area contributed by atoms with Gasteiger partial charge in [-0.2, -0.15) is 15.3 Å². The van der Waals surface area contributed by atoms with Crippen molar-refractivity contribution < 1.29 is 9.53 Å². The molecular weight excluding hydrogens is 544 g/mol. The van der Waals surface area contributed by atoms with Crippen LogP contribution in [0.4, 0.5) is 22.4 Å². The second-order valence-corrected chi connectivity index (χ2v) is 10.7. The van der Waals surface area contributed by atoms with E-state index in [4.69, 9.17) is 4.74 Å². The molecule has 0 unspecified atom stereocenters. The number of hydrogen-bond acceptors (Lipinski definition) is 9. The summed E-state index contributed by atoms with van der Waals surface area (Å²) < 4.78 is 6.97. The zero-order valence-electron chi connectivity index (χ0n) is 24.7. The summed E-state index contributed by atoms with van der Waals surface area (Å²) >= 11 is 0. The van der Waals surface area contributed by atoms with Crippen molar-refractivity contribution in [2.75, 3.05) is 35.3 Å². The number of nitrogens with zero attached hydrogens (tertiary/aromatic N) is 7. The lowest BCUT2D eigenvalue weighted by Crippen LogP contribution is -2.46. The van der Waals surface area contributed by atoms with Crippen LogP contribution in [0.15, 0.2) is 55.0 Å². The molecule has 5 rings (SSSR count). The van der Waals surface area contributed by atoms with E-state index in [1.54, 1.807) is 10.9 Å². The third-order valence-corrected chi connectivity index (χ3v) is 7.37. The number of pyridine rings is 1. The standard InChI is InChI=1S/C31H38N10O2/c1-3-9-26(12-7-8-13-33-30-35-17-24(15-32)29(38-30)37-25-20-43-21-25)41(31(42)36-16-22-10-5-4-6-11-22)28-14-23-19-40(2)39-27(23)18-34-28/h4-6,10-11,14,17-19,25-26H,3,7-9,12-13,16,20-21H2,1-2H3,(H,36,42)(H2,33,35,37,38)/t26-/m1/s1. The highest BCUT2D eigenvalue weighted by atomic mass is 16.5. The zero-order valence-corrected chi connectivity index (χ0v) is 24.7. The van der Waals surface area contributed by atoms with Crippen LogP contribution in [0.3, 0.4) is 0 Å². The van der Waals surface area contributed by atoms with Crippen molar-refractivity contribution >= 4 is 34.5 Å². The van der Waals surface area contributed by atoms with E-state index >= 15 is 0 Å². The van der Waals surface area contributed by atoms with Gasteiger partial charge in [-0.1, -0.05) is 43.7 Å². The number of carbonyl (C=O) groups excluding carboxylic acids is 1. The molecule has 12 heteroatoms. The maximum Gasteiger partial charge on any atom is 0.323 e. The lowest BCUT2D eigenvalue weighted by Gasteiger charge is -2.31. The molecule has 0 aliphatic carbocycles. The minimum absolute atomic E-state index is 0.0333. The van der Waals surface area contributed by atoms with Crippen LogP contribution in [0.5, 0.6) is 0 Å². The van der Waals surface area contributed by atoms with E-state index in [2.05, 4.69) is 49.0 Å². The Kier molecular flexibility index (Phi) is 9.97. The Morgan fingerprint density at radius 1 is 1.19 bits per heavy atom. The van der Waals surface area contributed by atoms with E-state index in [0.29, 0.717) is 49.5 Å². The van der Waals surface area contributed by atoms with E-state index < -0.39 is 0 Å². The monoisotopic (exact) mass is 582 g/mol. The molecule has 12 nitrogen and oxygen atoms in total. The Bertz CT molecular complexity index is 1550. The normalized spacial score (nSPS) is 13.6. The molecule has 43 heavy (non-hydrogen) atoms. The molecule has 224 valence electrons. The maximum absolute atomic E-state index is 13.7. The van der Waals surface area contributed by atoms with Crippen LogP contribution in [-0.4, -0.2) is 62.6 Å². The minimum atomic E-state index is -0.168. The van der Waals surface area contributed by atoms with Gasteiger partial charge in [-0.05, 0) is 37.3 Å². The highest BCUT2D eigenvalue weighted by molar-refractivity contribution is 5.93. The first-order valence-corrected chi connectivity index (χ1v) is 14.8. The number of anilines is 3. The summed E-state index contributed by atoms with van der Waals surface area (Å²) in [6.07, 6.45) is 9.53. The fourth-order valence-electron chi connectivity index (χ4n) is 5.10. The second kappa shape index (κ2) is 14.4. The van der Waals surface area contributed by atoms with Crippen molar-refractivity contribution in [2.24, 2.45) is 7.05 Å². The third-order valence-electron chi connectivity index (χ3n) is 7.37.